The molecule has 0 saturated heterocycles. The Labute approximate surface area is 98.9 Å². The third-order valence-electron chi connectivity index (χ3n) is 1.75. The van der Waals surface area contributed by atoms with Crippen LogP contribution in [0.25, 0.3) is 0 Å². The second-order valence-corrected chi connectivity index (χ2v) is 4.44. The molecule has 3 nitrogen and oxygen atoms in total. The van der Waals surface area contributed by atoms with Crippen LogP contribution in [0.15, 0.2) is 27.1 Å². The number of carbonyl (C=O) groups is 1. The van der Waals surface area contributed by atoms with Gasteiger partial charge in [-0.05, 0) is 23.8 Å². The fourth-order valence-electron chi connectivity index (χ4n) is 1.01. The first-order chi connectivity index (χ1) is 6.56. The molecule has 0 amide bonds. The van der Waals surface area contributed by atoms with Gasteiger partial charge in [0.15, 0.2) is 0 Å². The summed E-state index contributed by atoms with van der Waals surface area (Å²) in [7, 11) is 1.31. The van der Waals surface area contributed by atoms with E-state index in [2.05, 4.69) is 36.6 Å². The van der Waals surface area contributed by atoms with Crippen molar-refractivity contribution >= 4 is 37.8 Å². The summed E-state index contributed by atoms with van der Waals surface area (Å²) in [6.45, 7) is 0. The van der Waals surface area contributed by atoms with Crippen molar-refractivity contribution in [1.82, 2.24) is 0 Å². The van der Waals surface area contributed by atoms with Crippen LogP contribution < -0.4 is 5.73 Å². The average molecular weight is 323 g/mol. The quantitative estimate of drug-likeness (QED) is 0.851. The number of ether oxygens (including phenoxy) is 1. The lowest BCUT2D eigenvalue weighted by Gasteiger charge is -2.11. The molecule has 0 aliphatic carbocycles. The topological polar surface area (TPSA) is 52.3 Å². The first kappa shape index (κ1) is 11.7. The number of hydrogen-bond acceptors (Lipinski definition) is 3. The van der Waals surface area contributed by atoms with Crippen LogP contribution >= 0.6 is 31.9 Å². The van der Waals surface area contributed by atoms with E-state index in [4.69, 9.17) is 5.73 Å². The molecule has 0 saturated carbocycles. The van der Waals surface area contributed by atoms with Gasteiger partial charge < -0.3 is 10.5 Å². The summed E-state index contributed by atoms with van der Waals surface area (Å²) in [6.07, 6.45) is 0. The highest BCUT2D eigenvalue weighted by atomic mass is 79.9. The molecule has 1 rings (SSSR count). The molecule has 0 aliphatic rings. The molecule has 0 fully saturated rings. The van der Waals surface area contributed by atoms with Crippen molar-refractivity contribution in [3.63, 3.8) is 0 Å². The van der Waals surface area contributed by atoms with Gasteiger partial charge in [0.25, 0.3) is 0 Å². The molecule has 0 bridgehead atoms. The van der Waals surface area contributed by atoms with Crippen LogP contribution in [-0.2, 0) is 9.53 Å². The number of hydrogen-bond donors (Lipinski definition) is 1. The van der Waals surface area contributed by atoms with E-state index in [0.29, 0.717) is 5.56 Å². The normalized spacial score (nSPS) is 12.3. The van der Waals surface area contributed by atoms with E-state index in [9.17, 15) is 4.79 Å². The Balaban J connectivity index is 3.05. The van der Waals surface area contributed by atoms with Gasteiger partial charge in [0.2, 0.25) is 0 Å². The summed E-state index contributed by atoms with van der Waals surface area (Å²) in [6, 6.07) is 4.71. The molecule has 1 aromatic rings. The lowest BCUT2D eigenvalue weighted by atomic mass is 10.1. The zero-order valence-electron chi connectivity index (χ0n) is 7.46. The minimum absolute atomic E-state index is 0.455. The van der Waals surface area contributed by atoms with Crippen LogP contribution in [-0.4, -0.2) is 13.1 Å². The van der Waals surface area contributed by atoms with Gasteiger partial charge in [-0.3, -0.25) is 4.79 Å². The molecule has 0 spiro atoms. The van der Waals surface area contributed by atoms with Crippen molar-refractivity contribution in [2.75, 3.05) is 7.11 Å². The highest BCUT2D eigenvalue weighted by Crippen LogP contribution is 2.26. The molecule has 76 valence electrons. The fraction of sp³-hybridized carbons (Fsp3) is 0.222. The standard InChI is InChI=1S/C9H9Br2NO2/c1-14-9(13)8(12)6-4-5(10)2-3-7(6)11/h2-4,8H,12H2,1H3. The van der Waals surface area contributed by atoms with Crippen molar-refractivity contribution in [2.45, 2.75) is 6.04 Å². The van der Waals surface area contributed by atoms with Crippen molar-refractivity contribution in [2.24, 2.45) is 5.73 Å². The molecule has 2 N–H and O–H groups in total. The van der Waals surface area contributed by atoms with E-state index < -0.39 is 12.0 Å². The lowest BCUT2D eigenvalue weighted by Crippen LogP contribution is -2.22. The molecule has 1 atom stereocenters. The number of rotatable bonds is 2. The van der Waals surface area contributed by atoms with Crippen LogP contribution in [0.1, 0.15) is 11.6 Å². The Morgan fingerprint density at radius 1 is 1.50 bits per heavy atom. The third-order valence-corrected chi connectivity index (χ3v) is 2.96. The Morgan fingerprint density at radius 3 is 2.71 bits per heavy atom. The number of nitrogens with two attached hydrogens (primary N) is 1. The zero-order valence-corrected chi connectivity index (χ0v) is 10.6. The highest BCUT2D eigenvalue weighted by Gasteiger charge is 2.18. The summed E-state index contributed by atoms with van der Waals surface area (Å²) in [5.41, 5.74) is 6.39. The maximum Gasteiger partial charge on any atom is 0.327 e. The number of carbonyl (C=O) groups excluding carboxylic acids is 1. The molecule has 1 aromatic carbocycles. The fourth-order valence-corrected chi connectivity index (χ4v) is 1.88. The second kappa shape index (κ2) is 4.91. The smallest absolute Gasteiger partial charge is 0.327 e. The van der Waals surface area contributed by atoms with Gasteiger partial charge in [-0.15, -0.1) is 0 Å². The van der Waals surface area contributed by atoms with Gasteiger partial charge in [-0.1, -0.05) is 31.9 Å². The molecular formula is C9H9Br2NO2. The Kier molecular flexibility index (Phi) is 4.10. The number of esters is 1. The summed E-state index contributed by atoms with van der Waals surface area (Å²) in [5.74, 6) is -0.455. The van der Waals surface area contributed by atoms with Gasteiger partial charge >= 0.3 is 5.97 Å². The minimum Gasteiger partial charge on any atom is -0.468 e. The maximum atomic E-state index is 11.2. The number of halogens is 2. The van der Waals surface area contributed by atoms with Crippen LogP contribution in [0, 0.1) is 0 Å². The molecule has 14 heavy (non-hydrogen) atoms. The van der Waals surface area contributed by atoms with Crippen molar-refractivity contribution in [3.8, 4) is 0 Å². The number of benzene rings is 1. The van der Waals surface area contributed by atoms with Crippen LogP contribution in [0.5, 0.6) is 0 Å². The summed E-state index contributed by atoms with van der Waals surface area (Å²) >= 11 is 6.63. The van der Waals surface area contributed by atoms with E-state index in [1.807, 2.05) is 12.1 Å². The second-order valence-electron chi connectivity index (χ2n) is 2.67. The van der Waals surface area contributed by atoms with Crippen LogP contribution in [0.4, 0.5) is 0 Å². The van der Waals surface area contributed by atoms with Gasteiger partial charge in [-0.2, -0.15) is 0 Å². The molecule has 0 radical (unpaired) electrons. The zero-order chi connectivity index (χ0) is 10.7. The molecule has 0 heterocycles. The lowest BCUT2D eigenvalue weighted by molar-refractivity contribution is -0.142. The number of methoxy groups -OCH3 is 1. The van der Waals surface area contributed by atoms with Gasteiger partial charge in [-0.25, -0.2) is 0 Å². The van der Waals surface area contributed by atoms with Gasteiger partial charge in [0.1, 0.15) is 6.04 Å². The summed E-state index contributed by atoms with van der Waals surface area (Å²) in [5, 5.41) is 0. The first-order valence-electron chi connectivity index (χ1n) is 3.84. The first-order valence-corrected chi connectivity index (χ1v) is 5.43. The Hall–Kier alpha value is -0.390. The third kappa shape index (κ3) is 2.56. The van der Waals surface area contributed by atoms with E-state index in [-0.39, 0.29) is 0 Å². The summed E-state index contributed by atoms with van der Waals surface area (Å²) < 4.78 is 6.22. The summed E-state index contributed by atoms with van der Waals surface area (Å²) in [4.78, 5) is 11.2. The van der Waals surface area contributed by atoms with E-state index in [1.54, 1.807) is 6.07 Å². The monoisotopic (exact) mass is 321 g/mol. The Bertz CT molecular complexity index is 355. The molecule has 5 heteroatoms. The SMILES string of the molecule is COC(=O)C(N)c1cc(Br)ccc1Br. The van der Waals surface area contributed by atoms with Crippen molar-refractivity contribution < 1.29 is 9.53 Å². The van der Waals surface area contributed by atoms with Crippen molar-refractivity contribution in [1.29, 1.82) is 0 Å². The molecule has 1 unspecified atom stereocenters. The molecular weight excluding hydrogens is 314 g/mol. The van der Waals surface area contributed by atoms with Gasteiger partial charge in [0.05, 0.1) is 7.11 Å². The molecule has 0 aromatic heterocycles. The van der Waals surface area contributed by atoms with Crippen molar-refractivity contribution in [3.05, 3.63) is 32.7 Å². The maximum absolute atomic E-state index is 11.2. The minimum atomic E-state index is -0.758. The van der Waals surface area contributed by atoms with Crippen LogP contribution in [0.2, 0.25) is 0 Å². The van der Waals surface area contributed by atoms with Crippen LogP contribution in [0.3, 0.4) is 0 Å². The largest absolute Gasteiger partial charge is 0.468 e. The highest BCUT2D eigenvalue weighted by molar-refractivity contribution is 9.11. The van der Waals surface area contributed by atoms with E-state index in [1.165, 1.54) is 7.11 Å². The van der Waals surface area contributed by atoms with E-state index >= 15 is 0 Å². The van der Waals surface area contributed by atoms with E-state index in [0.717, 1.165) is 8.95 Å². The van der Waals surface area contributed by atoms with Gasteiger partial charge in [0, 0.05) is 8.95 Å². The average Bonchev–Trinajstić information content (AvgIpc) is 2.19. The Morgan fingerprint density at radius 2 is 2.14 bits per heavy atom. The molecule has 0 aliphatic heterocycles. The predicted molar refractivity (Wildman–Crippen MR) is 60.8 cm³/mol. The predicted octanol–water partition coefficient (Wildman–Crippen LogP) is 2.38.